The highest BCUT2D eigenvalue weighted by Crippen LogP contribution is 2.27. The maximum absolute atomic E-state index is 13.8. The summed E-state index contributed by atoms with van der Waals surface area (Å²) in [5.41, 5.74) is 0.605. The van der Waals surface area contributed by atoms with E-state index in [0.717, 1.165) is 0 Å². The molecule has 0 bridgehead atoms. The van der Waals surface area contributed by atoms with Crippen LogP contribution in [-0.4, -0.2) is 11.1 Å². The van der Waals surface area contributed by atoms with Crippen LogP contribution in [0.3, 0.4) is 0 Å². The normalized spacial score (nSPS) is 12.2. The average molecular weight is 274 g/mol. The zero-order chi connectivity index (χ0) is 14.5. The van der Waals surface area contributed by atoms with E-state index in [-0.39, 0.29) is 18.0 Å². The van der Waals surface area contributed by atoms with Crippen molar-refractivity contribution in [2.75, 3.05) is 5.32 Å². The van der Waals surface area contributed by atoms with E-state index in [1.165, 1.54) is 6.07 Å². The van der Waals surface area contributed by atoms with E-state index < -0.39 is 0 Å². The van der Waals surface area contributed by atoms with Gasteiger partial charge in [0.05, 0.1) is 12.1 Å². The fraction of sp³-hybridized carbons (Fsp3) is 0.312. The second-order valence-corrected chi connectivity index (χ2v) is 4.90. The third kappa shape index (κ3) is 3.47. The topological polar surface area (TPSA) is 34.1 Å². The molecule has 1 heterocycles. The number of hydrogen-bond donors (Lipinski definition) is 1. The van der Waals surface area contributed by atoms with Crippen LogP contribution >= 0.6 is 0 Å². The predicted molar refractivity (Wildman–Crippen MR) is 78.4 cm³/mol. The molecule has 0 aliphatic carbocycles. The molecule has 1 atom stereocenters. The number of ether oxygens (including phenoxy) is 1. The number of aromatic nitrogens is 1. The maximum Gasteiger partial charge on any atom is 0.169 e. The molecule has 0 saturated carbocycles. The van der Waals surface area contributed by atoms with Gasteiger partial charge in [0.15, 0.2) is 11.6 Å². The Hall–Kier alpha value is -2.10. The molecule has 0 amide bonds. The summed E-state index contributed by atoms with van der Waals surface area (Å²) in [6.45, 7) is 5.81. The zero-order valence-corrected chi connectivity index (χ0v) is 11.9. The van der Waals surface area contributed by atoms with E-state index in [2.05, 4.69) is 10.3 Å². The zero-order valence-electron chi connectivity index (χ0n) is 11.9. The summed E-state index contributed by atoms with van der Waals surface area (Å²) in [6.07, 6.45) is 1.74. The van der Waals surface area contributed by atoms with Gasteiger partial charge in [0, 0.05) is 11.8 Å². The third-order valence-electron chi connectivity index (χ3n) is 2.86. The fourth-order valence-electron chi connectivity index (χ4n) is 1.96. The summed E-state index contributed by atoms with van der Waals surface area (Å²) in [4.78, 5) is 4.27. The SMILES string of the molecule is CC(C)Oc1cccnc1NC(C)c1ccccc1F. The van der Waals surface area contributed by atoms with Gasteiger partial charge in [0.2, 0.25) is 0 Å². The number of nitrogens with one attached hydrogen (secondary N) is 1. The molecule has 0 fully saturated rings. The first kappa shape index (κ1) is 14.3. The Morgan fingerprint density at radius 2 is 1.85 bits per heavy atom. The molecular weight excluding hydrogens is 255 g/mol. The van der Waals surface area contributed by atoms with Crippen molar-refractivity contribution in [1.29, 1.82) is 0 Å². The highest BCUT2D eigenvalue weighted by Gasteiger charge is 2.13. The summed E-state index contributed by atoms with van der Waals surface area (Å²) in [7, 11) is 0. The minimum Gasteiger partial charge on any atom is -0.487 e. The summed E-state index contributed by atoms with van der Waals surface area (Å²) < 4.78 is 19.5. The van der Waals surface area contributed by atoms with E-state index in [1.807, 2.05) is 39.0 Å². The Kier molecular flexibility index (Phi) is 4.56. The van der Waals surface area contributed by atoms with Crippen LogP contribution in [0.4, 0.5) is 10.2 Å². The van der Waals surface area contributed by atoms with Crippen molar-refractivity contribution in [3.05, 3.63) is 54.0 Å². The number of pyridine rings is 1. The van der Waals surface area contributed by atoms with Crippen LogP contribution in [0.25, 0.3) is 0 Å². The summed E-state index contributed by atoms with van der Waals surface area (Å²) in [5.74, 6) is 1.07. The van der Waals surface area contributed by atoms with Crippen LogP contribution in [0.1, 0.15) is 32.4 Å². The first-order chi connectivity index (χ1) is 9.58. The monoisotopic (exact) mass is 274 g/mol. The molecule has 0 spiro atoms. The summed E-state index contributed by atoms with van der Waals surface area (Å²) in [6, 6.07) is 10.2. The molecule has 0 aliphatic heterocycles. The molecule has 106 valence electrons. The molecule has 0 radical (unpaired) electrons. The lowest BCUT2D eigenvalue weighted by atomic mass is 10.1. The molecule has 1 aromatic carbocycles. The number of nitrogens with zero attached hydrogens (tertiary/aromatic N) is 1. The van der Waals surface area contributed by atoms with Crippen molar-refractivity contribution < 1.29 is 9.13 Å². The van der Waals surface area contributed by atoms with Gasteiger partial charge in [0.25, 0.3) is 0 Å². The van der Waals surface area contributed by atoms with Crippen molar-refractivity contribution >= 4 is 5.82 Å². The van der Waals surface area contributed by atoms with Crippen LogP contribution < -0.4 is 10.1 Å². The van der Waals surface area contributed by atoms with Crippen LogP contribution in [-0.2, 0) is 0 Å². The molecule has 0 saturated heterocycles. The molecule has 0 aliphatic rings. The molecule has 2 rings (SSSR count). The van der Waals surface area contributed by atoms with Gasteiger partial charge in [-0.3, -0.25) is 0 Å². The highest BCUT2D eigenvalue weighted by atomic mass is 19.1. The number of anilines is 1. The van der Waals surface area contributed by atoms with Crippen LogP contribution in [0.2, 0.25) is 0 Å². The largest absolute Gasteiger partial charge is 0.487 e. The third-order valence-corrected chi connectivity index (χ3v) is 2.86. The smallest absolute Gasteiger partial charge is 0.169 e. The van der Waals surface area contributed by atoms with Gasteiger partial charge in [-0.15, -0.1) is 0 Å². The molecule has 4 heteroatoms. The van der Waals surface area contributed by atoms with Crippen LogP contribution in [0.5, 0.6) is 5.75 Å². The van der Waals surface area contributed by atoms with Gasteiger partial charge < -0.3 is 10.1 Å². The predicted octanol–water partition coefficient (Wildman–Crippen LogP) is 4.18. The Balaban J connectivity index is 2.20. The van der Waals surface area contributed by atoms with Crippen molar-refractivity contribution in [3.8, 4) is 5.75 Å². The highest BCUT2D eigenvalue weighted by molar-refractivity contribution is 5.51. The van der Waals surface area contributed by atoms with E-state index in [0.29, 0.717) is 17.1 Å². The molecule has 1 unspecified atom stereocenters. The quantitative estimate of drug-likeness (QED) is 0.888. The number of benzene rings is 1. The second-order valence-electron chi connectivity index (χ2n) is 4.90. The lowest BCUT2D eigenvalue weighted by Crippen LogP contribution is -2.13. The molecule has 1 aromatic heterocycles. The van der Waals surface area contributed by atoms with E-state index in [1.54, 1.807) is 18.3 Å². The van der Waals surface area contributed by atoms with Crippen LogP contribution in [0.15, 0.2) is 42.6 Å². The number of hydrogen-bond acceptors (Lipinski definition) is 3. The standard InChI is InChI=1S/C16H19FN2O/c1-11(2)20-15-9-6-10-18-16(15)19-12(3)13-7-4-5-8-14(13)17/h4-12H,1-3H3,(H,18,19). The summed E-state index contributed by atoms with van der Waals surface area (Å²) in [5, 5.41) is 3.20. The average Bonchev–Trinajstić information content (AvgIpc) is 2.41. The van der Waals surface area contributed by atoms with Gasteiger partial charge in [-0.05, 0) is 39.0 Å². The molecule has 1 N–H and O–H groups in total. The Bertz CT molecular complexity index is 572. The number of rotatable bonds is 5. The van der Waals surface area contributed by atoms with E-state index in [9.17, 15) is 4.39 Å². The van der Waals surface area contributed by atoms with Gasteiger partial charge in [-0.25, -0.2) is 9.37 Å². The number of halogens is 1. The lowest BCUT2D eigenvalue weighted by Gasteiger charge is -2.19. The van der Waals surface area contributed by atoms with Gasteiger partial charge >= 0.3 is 0 Å². The first-order valence-electron chi connectivity index (χ1n) is 6.70. The Morgan fingerprint density at radius 1 is 1.10 bits per heavy atom. The molecule has 3 nitrogen and oxygen atoms in total. The van der Waals surface area contributed by atoms with Crippen molar-refractivity contribution in [2.45, 2.75) is 32.9 Å². The van der Waals surface area contributed by atoms with Crippen molar-refractivity contribution in [2.24, 2.45) is 0 Å². The fourth-order valence-corrected chi connectivity index (χ4v) is 1.96. The molecule has 2 aromatic rings. The summed E-state index contributed by atoms with van der Waals surface area (Å²) >= 11 is 0. The van der Waals surface area contributed by atoms with E-state index in [4.69, 9.17) is 4.74 Å². The second kappa shape index (κ2) is 6.37. The van der Waals surface area contributed by atoms with Gasteiger partial charge in [-0.2, -0.15) is 0 Å². The minimum atomic E-state index is -0.227. The molecular formula is C16H19FN2O. The maximum atomic E-state index is 13.8. The van der Waals surface area contributed by atoms with Gasteiger partial charge in [-0.1, -0.05) is 18.2 Å². The Labute approximate surface area is 118 Å². The van der Waals surface area contributed by atoms with Crippen LogP contribution in [0, 0.1) is 5.82 Å². The molecule has 20 heavy (non-hydrogen) atoms. The minimum absolute atomic E-state index is 0.0588. The van der Waals surface area contributed by atoms with Crippen molar-refractivity contribution in [1.82, 2.24) is 4.98 Å². The lowest BCUT2D eigenvalue weighted by molar-refractivity contribution is 0.242. The van der Waals surface area contributed by atoms with E-state index >= 15 is 0 Å². The Morgan fingerprint density at radius 3 is 2.55 bits per heavy atom. The van der Waals surface area contributed by atoms with Crippen molar-refractivity contribution in [3.63, 3.8) is 0 Å². The van der Waals surface area contributed by atoms with Gasteiger partial charge in [0.1, 0.15) is 5.82 Å². The first-order valence-corrected chi connectivity index (χ1v) is 6.70.